The highest BCUT2D eigenvalue weighted by molar-refractivity contribution is 6.30. The molecule has 0 bridgehead atoms. The van der Waals surface area contributed by atoms with Gasteiger partial charge in [-0.15, -0.1) is 5.10 Å². The molecule has 0 amide bonds. The van der Waals surface area contributed by atoms with Crippen molar-refractivity contribution in [1.29, 1.82) is 0 Å². The SMILES string of the molecule is CCN1CCN(c2nncc(Nc3ccc(Cl)cc3C)n2)CC1. The van der Waals surface area contributed by atoms with Gasteiger partial charge in [0.2, 0.25) is 5.95 Å². The van der Waals surface area contributed by atoms with Crippen LogP contribution in [0.15, 0.2) is 24.4 Å². The van der Waals surface area contributed by atoms with Gasteiger partial charge in [-0.3, -0.25) is 0 Å². The Labute approximate surface area is 141 Å². The molecule has 1 fully saturated rings. The summed E-state index contributed by atoms with van der Waals surface area (Å²) in [5.41, 5.74) is 2.03. The van der Waals surface area contributed by atoms with Crippen LogP contribution in [0.25, 0.3) is 0 Å². The summed E-state index contributed by atoms with van der Waals surface area (Å²) in [5, 5.41) is 12.3. The molecule has 23 heavy (non-hydrogen) atoms. The molecule has 2 heterocycles. The van der Waals surface area contributed by atoms with Crippen molar-refractivity contribution in [2.24, 2.45) is 0 Å². The maximum absolute atomic E-state index is 5.99. The summed E-state index contributed by atoms with van der Waals surface area (Å²) in [6, 6.07) is 5.72. The Balaban J connectivity index is 1.72. The second-order valence-corrected chi connectivity index (χ2v) is 6.08. The number of hydrogen-bond acceptors (Lipinski definition) is 6. The monoisotopic (exact) mass is 332 g/mol. The van der Waals surface area contributed by atoms with Crippen molar-refractivity contribution < 1.29 is 0 Å². The smallest absolute Gasteiger partial charge is 0.247 e. The van der Waals surface area contributed by atoms with Crippen LogP contribution in [0.4, 0.5) is 17.5 Å². The van der Waals surface area contributed by atoms with E-state index < -0.39 is 0 Å². The van der Waals surface area contributed by atoms with E-state index in [1.807, 2.05) is 25.1 Å². The molecule has 6 nitrogen and oxygen atoms in total. The fourth-order valence-electron chi connectivity index (χ4n) is 2.66. The number of benzene rings is 1. The lowest BCUT2D eigenvalue weighted by Crippen LogP contribution is -2.46. The van der Waals surface area contributed by atoms with E-state index in [2.05, 4.69) is 37.2 Å². The van der Waals surface area contributed by atoms with E-state index in [0.717, 1.165) is 49.0 Å². The molecule has 0 unspecified atom stereocenters. The van der Waals surface area contributed by atoms with Gasteiger partial charge in [-0.05, 0) is 37.2 Å². The average molecular weight is 333 g/mol. The van der Waals surface area contributed by atoms with Crippen molar-refractivity contribution in [2.75, 3.05) is 42.9 Å². The van der Waals surface area contributed by atoms with Crippen LogP contribution in [0.3, 0.4) is 0 Å². The first kappa shape index (κ1) is 16.0. The number of aryl methyl sites for hydroxylation is 1. The molecule has 3 rings (SSSR count). The Kier molecular flexibility index (Phi) is 4.93. The van der Waals surface area contributed by atoms with E-state index in [0.29, 0.717) is 11.8 Å². The number of likely N-dealkylation sites (N-methyl/N-ethyl adjacent to an activating group) is 1. The number of aromatic nitrogens is 3. The topological polar surface area (TPSA) is 57.2 Å². The predicted molar refractivity (Wildman–Crippen MR) is 93.6 cm³/mol. The Morgan fingerprint density at radius 2 is 2.00 bits per heavy atom. The van der Waals surface area contributed by atoms with Gasteiger partial charge in [0.05, 0.1) is 6.20 Å². The van der Waals surface area contributed by atoms with E-state index in [1.165, 1.54) is 0 Å². The summed E-state index contributed by atoms with van der Waals surface area (Å²) in [6.45, 7) is 9.21. The third-order valence-corrected chi connectivity index (χ3v) is 4.34. The van der Waals surface area contributed by atoms with Gasteiger partial charge in [-0.2, -0.15) is 10.1 Å². The molecule has 0 spiro atoms. The van der Waals surface area contributed by atoms with Gasteiger partial charge >= 0.3 is 0 Å². The quantitative estimate of drug-likeness (QED) is 0.929. The van der Waals surface area contributed by atoms with Crippen molar-refractivity contribution in [1.82, 2.24) is 20.1 Å². The van der Waals surface area contributed by atoms with Crippen molar-refractivity contribution in [3.63, 3.8) is 0 Å². The van der Waals surface area contributed by atoms with Crippen LogP contribution in [0.1, 0.15) is 12.5 Å². The van der Waals surface area contributed by atoms with Gasteiger partial charge in [0, 0.05) is 36.9 Å². The van der Waals surface area contributed by atoms with Crippen LogP contribution in [0.2, 0.25) is 5.02 Å². The molecule has 1 aromatic carbocycles. The summed E-state index contributed by atoms with van der Waals surface area (Å²) >= 11 is 5.99. The molecule has 122 valence electrons. The largest absolute Gasteiger partial charge is 0.339 e. The molecule has 0 atom stereocenters. The first-order valence-corrected chi connectivity index (χ1v) is 8.23. The summed E-state index contributed by atoms with van der Waals surface area (Å²) in [6.07, 6.45) is 1.64. The summed E-state index contributed by atoms with van der Waals surface area (Å²) in [5.74, 6) is 1.37. The Hall–Kier alpha value is -1.92. The molecule has 0 saturated carbocycles. The van der Waals surface area contributed by atoms with Gasteiger partial charge in [0.15, 0.2) is 5.82 Å². The van der Waals surface area contributed by atoms with Crippen LogP contribution < -0.4 is 10.2 Å². The summed E-state index contributed by atoms with van der Waals surface area (Å²) in [4.78, 5) is 9.20. The van der Waals surface area contributed by atoms with Crippen molar-refractivity contribution >= 4 is 29.1 Å². The maximum Gasteiger partial charge on any atom is 0.247 e. The zero-order valence-electron chi connectivity index (χ0n) is 13.5. The fourth-order valence-corrected chi connectivity index (χ4v) is 2.88. The zero-order valence-corrected chi connectivity index (χ0v) is 14.2. The normalized spacial score (nSPS) is 15.7. The second-order valence-electron chi connectivity index (χ2n) is 5.65. The Bertz CT molecular complexity index is 669. The zero-order chi connectivity index (χ0) is 16.2. The van der Waals surface area contributed by atoms with Crippen LogP contribution >= 0.6 is 11.6 Å². The van der Waals surface area contributed by atoms with E-state index >= 15 is 0 Å². The molecule has 1 aromatic heterocycles. The number of nitrogens with one attached hydrogen (secondary N) is 1. The lowest BCUT2D eigenvalue weighted by atomic mass is 10.2. The minimum absolute atomic E-state index is 0.678. The maximum atomic E-state index is 5.99. The highest BCUT2D eigenvalue weighted by Gasteiger charge is 2.18. The van der Waals surface area contributed by atoms with E-state index in [9.17, 15) is 0 Å². The van der Waals surface area contributed by atoms with Crippen LogP contribution in [0.5, 0.6) is 0 Å². The van der Waals surface area contributed by atoms with Crippen molar-refractivity contribution in [2.45, 2.75) is 13.8 Å². The number of piperazine rings is 1. The van der Waals surface area contributed by atoms with Crippen LogP contribution in [-0.4, -0.2) is 52.8 Å². The predicted octanol–water partition coefficient (Wildman–Crippen LogP) is 2.72. The molecule has 1 aliphatic heterocycles. The van der Waals surface area contributed by atoms with E-state index in [4.69, 9.17) is 11.6 Å². The molecular formula is C16H21ClN6. The third kappa shape index (κ3) is 3.89. The molecular weight excluding hydrogens is 312 g/mol. The molecule has 1 N–H and O–H groups in total. The molecule has 0 aliphatic carbocycles. The van der Waals surface area contributed by atoms with Crippen molar-refractivity contribution in [3.05, 3.63) is 35.0 Å². The van der Waals surface area contributed by atoms with Gasteiger partial charge in [0.1, 0.15) is 0 Å². The lowest BCUT2D eigenvalue weighted by molar-refractivity contribution is 0.269. The van der Waals surface area contributed by atoms with E-state index in [-0.39, 0.29) is 0 Å². The summed E-state index contributed by atoms with van der Waals surface area (Å²) in [7, 11) is 0. The van der Waals surface area contributed by atoms with E-state index in [1.54, 1.807) is 6.20 Å². The average Bonchev–Trinajstić information content (AvgIpc) is 2.58. The number of halogens is 1. The standard InChI is InChI=1S/C16H21ClN6/c1-3-22-6-8-23(9-7-22)16-20-15(11-18-21-16)19-14-5-4-13(17)10-12(14)2/h4-5,10-11H,3,6-9H2,1-2H3,(H,19,20,21). The Morgan fingerprint density at radius 1 is 1.22 bits per heavy atom. The molecule has 1 aliphatic rings. The third-order valence-electron chi connectivity index (χ3n) is 4.10. The lowest BCUT2D eigenvalue weighted by Gasteiger charge is -2.33. The number of nitrogens with zero attached hydrogens (tertiary/aromatic N) is 5. The molecule has 1 saturated heterocycles. The highest BCUT2D eigenvalue weighted by atomic mass is 35.5. The fraction of sp³-hybridized carbons (Fsp3) is 0.438. The van der Waals surface area contributed by atoms with Gasteiger partial charge < -0.3 is 15.1 Å². The summed E-state index contributed by atoms with van der Waals surface area (Å²) < 4.78 is 0. The first-order chi connectivity index (χ1) is 11.2. The molecule has 2 aromatic rings. The first-order valence-electron chi connectivity index (χ1n) is 7.86. The van der Waals surface area contributed by atoms with Crippen molar-refractivity contribution in [3.8, 4) is 0 Å². The number of hydrogen-bond donors (Lipinski definition) is 1. The molecule has 0 radical (unpaired) electrons. The van der Waals surface area contributed by atoms with Gasteiger partial charge in [-0.1, -0.05) is 18.5 Å². The number of rotatable bonds is 4. The van der Waals surface area contributed by atoms with Gasteiger partial charge in [-0.25, -0.2) is 0 Å². The number of anilines is 3. The minimum Gasteiger partial charge on any atom is -0.339 e. The Morgan fingerprint density at radius 3 is 2.70 bits per heavy atom. The van der Waals surface area contributed by atoms with Gasteiger partial charge in [0.25, 0.3) is 0 Å². The molecule has 7 heteroatoms. The highest BCUT2D eigenvalue weighted by Crippen LogP contribution is 2.23. The van der Waals surface area contributed by atoms with Crippen LogP contribution in [0, 0.1) is 6.92 Å². The second kappa shape index (κ2) is 7.10. The van der Waals surface area contributed by atoms with Crippen LogP contribution in [-0.2, 0) is 0 Å². The minimum atomic E-state index is 0.678.